The average Bonchev–Trinajstić information content (AvgIpc) is 2.41. The van der Waals surface area contributed by atoms with Crippen LogP contribution in [0.4, 0.5) is 0 Å². The predicted molar refractivity (Wildman–Crippen MR) is 65.9 cm³/mol. The van der Waals surface area contributed by atoms with Gasteiger partial charge < -0.3 is 10.1 Å². The van der Waals surface area contributed by atoms with Gasteiger partial charge in [0.15, 0.2) is 0 Å². The maximum Gasteiger partial charge on any atom is 0.142 e. The minimum Gasteiger partial charge on any atom is -0.495 e. The van der Waals surface area contributed by atoms with Gasteiger partial charge >= 0.3 is 0 Å². The molecule has 0 bridgehead atoms. The molecule has 2 aromatic rings. The van der Waals surface area contributed by atoms with E-state index in [1.807, 2.05) is 31.3 Å². The van der Waals surface area contributed by atoms with Gasteiger partial charge in [0.25, 0.3) is 0 Å². The van der Waals surface area contributed by atoms with Gasteiger partial charge in [-0.2, -0.15) is 0 Å². The van der Waals surface area contributed by atoms with Crippen molar-refractivity contribution in [3.8, 4) is 5.75 Å². The fourth-order valence-corrected chi connectivity index (χ4v) is 1.81. The molecule has 2 heterocycles. The molecule has 0 aliphatic carbocycles. The lowest BCUT2D eigenvalue weighted by atomic mass is 10.0. The molecule has 0 fully saturated rings. The Hall–Kier alpha value is -1.94. The van der Waals surface area contributed by atoms with Crippen LogP contribution < -0.4 is 10.1 Å². The summed E-state index contributed by atoms with van der Waals surface area (Å²) in [6.07, 6.45) is 5.31. The molecular weight excluding hydrogens is 214 g/mol. The Morgan fingerprint density at radius 2 is 1.94 bits per heavy atom. The molecule has 1 atom stereocenters. The van der Waals surface area contributed by atoms with Gasteiger partial charge in [0.05, 0.1) is 13.2 Å². The second-order valence-corrected chi connectivity index (χ2v) is 3.59. The third kappa shape index (κ3) is 2.42. The van der Waals surface area contributed by atoms with Gasteiger partial charge in [-0.1, -0.05) is 0 Å². The Balaban J connectivity index is 2.42. The van der Waals surface area contributed by atoms with Crippen LogP contribution in [-0.2, 0) is 0 Å². The molecule has 4 nitrogen and oxygen atoms in total. The van der Waals surface area contributed by atoms with Crippen molar-refractivity contribution in [2.24, 2.45) is 0 Å². The number of nitrogens with one attached hydrogen (secondary N) is 1. The number of rotatable bonds is 4. The molecule has 17 heavy (non-hydrogen) atoms. The van der Waals surface area contributed by atoms with Crippen LogP contribution in [-0.4, -0.2) is 24.1 Å². The fourth-order valence-electron chi connectivity index (χ4n) is 1.81. The molecule has 0 radical (unpaired) electrons. The average molecular weight is 229 g/mol. The van der Waals surface area contributed by atoms with Crippen molar-refractivity contribution in [1.29, 1.82) is 0 Å². The van der Waals surface area contributed by atoms with Gasteiger partial charge in [0, 0.05) is 18.6 Å². The summed E-state index contributed by atoms with van der Waals surface area (Å²) in [5.74, 6) is 0.781. The van der Waals surface area contributed by atoms with E-state index in [4.69, 9.17) is 4.74 Å². The van der Waals surface area contributed by atoms with Crippen LogP contribution in [0.1, 0.15) is 17.3 Å². The van der Waals surface area contributed by atoms with E-state index in [1.165, 1.54) is 0 Å². The predicted octanol–water partition coefficient (Wildman–Crippen LogP) is 1.79. The lowest BCUT2D eigenvalue weighted by Gasteiger charge is -2.18. The summed E-state index contributed by atoms with van der Waals surface area (Å²) in [6.45, 7) is 0. The maximum atomic E-state index is 5.33. The third-order valence-corrected chi connectivity index (χ3v) is 2.62. The summed E-state index contributed by atoms with van der Waals surface area (Å²) >= 11 is 0. The Bertz CT molecular complexity index is 473. The van der Waals surface area contributed by atoms with Crippen LogP contribution in [0.3, 0.4) is 0 Å². The zero-order valence-corrected chi connectivity index (χ0v) is 9.92. The highest BCUT2D eigenvalue weighted by Gasteiger charge is 2.17. The fraction of sp³-hybridized carbons (Fsp3) is 0.231. The first-order valence-corrected chi connectivity index (χ1v) is 5.43. The topological polar surface area (TPSA) is 47.0 Å². The zero-order valence-electron chi connectivity index (χ0n) is 9.92. The molecule has 0 spiro atoms. The van der Waals surface area contributed by atoms with Crippen LogP contribution in [0.2, 0.25) is 0 Å². The molecule has 88 valence electrons. The Morgan fingerprint density at radius 1 is 1.18 bits per heavy atom. The minimum absolute atomic E-state index is 0.00847. The largest absolute Gasteiger partial charge is 0.495 e. The summed E-state index contributed by atoms with van der Waals surface area (Å²) in [4.78, 5) is 8.41. The first kappa shape index (κ1) is 11.5. The van der Waals surface area contributed by atoms with Crippen molar-refractivity contribution < 1.29 is 4.74 Å². The highest BCUT2D eigenvalue weighted by Crippen LogP contribution is 2.26. The molecule has 4 heteroatoms. The smallest absolute Gasteiger partial charge is 0.142 e. The summed E-state index contributed by atoms with van der Waals surface area (Å²) in [6, 6.07) is 7.72. The van der Waals surface area contributed by atoms with E-state index in [1.54, 1.807) is 25.7 Å². The van der Waals surface area contributed by atoms with Crippen LogP contribution in [0.5, 0.6) is 5.75 Å². The lowest BCUT2D eigenvalue weighted by molar-refractivity contribution is 0.401. The molecule has 0 saturated carbocycles. The molecule has 2 rings (SSSR count). The summed E-state index contributed by atoms with van der Waals surface area (Å²) in [7, 11) is 3.55. The second kappa shape index (κ2) is 5.41. The number of hydrogen-bond donors (Lipinski definition) is 1. The molecule has 0 saturated heterocycles. The molecule has 0 aliphatic heterocycles. The Morgan fingerprint density at radius 3 is 2.59 bits per heavy atom. The van der Waals surface area contributed by atoms with Crippen molar-refractivity contribution in [2.45, 2.75) is 6.04 Å². The van der Waals surface area contributed by atoms with Crippen LogP contribution in [0.25, 0.3) is 0 Å². The molecule has 0 aliphatic rings. The van der Waals surface area contributed by atoms with E-state index in [0.717, 1.165) is 17.0 Å². The van der Waals surface area contributed by atoms with E-state index in [-0.39, 0.29) is 6.04 Å². The Kier molecular flexibility index (Phi) is 3.67. The van der Waals surface area contributed by atoms with Gasteiger partial charge in [-0.15, -0.1) is 0 Å². The van der Waals surface area contributed by atoms with Crippen molar-refractivity contribution in [3.05, 3.63) is 54.1 Å². The van der Waals surface area contributed by atoms with Crippen LogP contribution in [0, 0.1) is 0 Å². The van der Waals surface area contributed by atoms with E-state index >= 15 is 0 Å². The van der Waals surface area contributed by atoms with Crippen molar-refractivity contribution >= 4 is 0 Å². The zero-order chi connectivity index (χ0) is 12.1. The Labute approximate surface area is 101 Å². The van der Waals surface area contributed by atoms with Gasteiger partial charge in [0.1, 0.15) is 11.4 Å². The van der Waals surface area contributed by atoms with Crippen molar-refractivity contribution in [2.75, 3.05) is 14.2 Å². The number of pyridine rings is 2. The molecule has 1 unspecified atom stereocenters. The van der Waals surface area contributed by atoms with Gasteiger partial charge in [0.2, 0.25) is 0 Å². The summed E-state index contributed by atoms with van der Waals surface area (Å²) in [5.41, 5.74) is 1.99. The number of hydrogen-bond acceptors (Lipinski definition) is 4. The summed E-state index contributed by atoms with van der Waals surface area (Å²) in [5, 5.41) is 3.24. The number of ether oxygens (including phenoxy) is 1. The third-order valence-electron chi connectivity index (χ3n) is 2.62. The normalized spacial score (nSPS) is 12.1. The molecular formula is C13H15N3O. The first-order valence-electron chi connectivity index (χ1n) is 5.43. The van der Waals surface area contributed by atoms with Crippen molar-refractivity contribution in [1.82, 2.24) is 15.3 Å². The minimum atomic E-state index is 0.00847. The quantitative estimate of drug-likeness (QED) is 0.868. The monoisotopic (exact) mass is 229 g/mol. The van der Waals surface area contributed by atoms with Gasteiger partial charge in [-0.25, -0.2) is 0 Å². The van der Waals surface area contributed by atoms with E-state index in [2.05, 4.69) is 15.3 Å². The molecule has 1 N–H and O–H groups in total. The second-order valence-electron chi connectivity index (χ2n) is 3.59. The van der Waals surface area contributed by atoms with E-state index < -0.39 is 0 Å². The van der Waals surface area contributed by atoms with Crippen molar-refractivity contribution in [3.63, 3.8) is 0 Å². The molecule has 0 aromatic carbocycles. The van der Waals surface area contributed by atoms with Crippen LogP contribution in [0.15, 0.2) is 42.9 Å². The molecule has 2 aromatic heterocycles. The maximum absolute atomic E-state index is 5.33. The van der Waals surface area contributed by atoms with E-state index in [0.29, 0.717) is 0 Å². The number of methoxy groups -OCH3 is 1. The van der Waals surface area contributed by atoms with Gasteiger partial charge in [-0.05, 0) is 36.9 Å². The SMILES string of the molecule is CNC(c1ccncc1)c1ncccc1OC. The summed E-state index contributed by atoms with van der Waals surface area (Å²) < 4.78 is 5.33. The number of nitrogens with zero attached hydrogens (tertiary/aromatic N) is 2. The lowest BCUT2D eigenvalue weighted by Crippen LogP contribution is -2.19. The standard InChI is InChI=1S/C13H15N3O/c1-14-12(10-5-8-15-9-6-10)13-11(17-2)4-3-7-16-13/h3-9,12,14H,1-2H3. The molecule has 0 amide bonds. The highest BCUT2D eigenvalue weighted by atomic mass is 16.5. The van der Waals surface area contributed by atoms with Gasteiger partial charge in [-0.3, -0.25) is 9.97 Å². The van der Waals surface area contributed by atoms with E-state index in [9.17, 15) is 0 Å². The highest BCUT2D eigenvalue weighted by molar-refractivity contribution is 5.35. The van der Waals surface area contributed by atoms with Crippen LogP contribution >= 0.6 is 0 Å². The first-order chi connectivity index (χ1) is 8.36. The number of aromatic nitrogens is 2.